The zero-order valence-corrected chi connectivity index (χ0v) is 10.2. The first-order valence-electron chi connectivity index (χ1n) is 5.74. The molecule has 17 heavy (non-hydrogen) atoms. The Morgan fingerprint density at radius 2 is 2.06 bits per heavy atom. The molecule has 3 nitrogen and oxygen atoms in total. The fraction of sp³-hybridized carbons (Fsp3) is 0.286. The summed E-state index contributed by atoms with van der Waals surface area (Å²) >= 11 is 0. The molecule has 0 atom stereocenters. The molecule has 2 N–H and O–H groups in total. The minimum atomic E-state index is 0.412. The van der Waals surface area contributed by atoms with Gasteiger partial charge in [-0.05, 0) is 36.2 Å². The minimum absolute atomic E-state index is 0.412. The molecule has 0 saturated carbocycles. The second-order valence-corrected chi connectivity index (χ2v) is 3.86. The van der Waals surface area contributed by atoms with Gasteiger partial charge >= 0.3 is 0 Å². The molecule has 0 fully saturated rings. The van der Waals surface area contributed by atoms with E-state index < -0.39 is 0 Å². The van der Waals surface area contributed by atoms with E-state index in [4.69, 9.17) is 14.9 Å². The van der Waals surface area contributed by atoms with Crippen molar-refractivity contribution in [2.45, 2.75) is 19.9 Å². The van der Waals surface area contributed by atoms with Gasteiger partial charge in [-0.25, -0.2) is 0 Å². The van der Waals surface area contributed by atoms with Gasteiger partial charge in [-0.15, -0.1) is 0 Å². The van der Waals surface area contributed by atoms with Gasteiger partial charge in [0.2, 0.25) is 0 Å². The van der Waals surface area contributed by atoms with E-state index in [1.165, 1.54) is 5.56 Å². The lowest BCUT2D eigenvalue weighted by Gasteiger charge is -2.08. The fourth-order valence-electron chi connectivity index (χ4n) is 1.80. The molecule has 1 aromatic carbocycles. The van der Waals surface area contributed by atoms with E-state index in [1.807, 2.05) is 18.2 Å². The summed E-state index contributed by atoms with van der Waals surface area (Å²) in [6, 6.07) is 9.96. The number of hydrogen-bond acceptors (Lipinski definition) is 3. The summed E-state index contributed by atoms with van der Waals surface area (Å²) in [5.74, 6) is 2.40. The van der Waals surface area contributed by atoms with Crippen LogP contribution in [-0.4, -0.2) is 7.11 Å². The highest BCUT2D eigenvalue weighted by atomic mass is 16.5. The molecule has 0 saturated heterocycles. The third-order valence-corrected chi connectivity index (χ3v) is 2.80. The van der Waals surface area contributed by atoms with Crippen molar-refractivity contribution < 1.29 is 9.15 Å². The summed E-state index contributed by atoms with van der Waals surface area (Å²) in [5.41, 5.74) is 7.78. The number of benzene rings is 1. The van der Waals surface area contributed by atoms with Crippen molar-refractivity contribution in [1.29, 1.82) is 0 Å². The monoisotopic (exact) mass is 231 g/mol. The van der Waals surface area contributed by atoms with Crippen LogP contribution in [0.2, 0.25) is 0 Å². The van der Waals surface area contributed by atoms with Gasteiger partial charge in [-0.1, -0.05) is 13.0 Å². The summed E-state index contributed by atoms with van der Waals surface area (Å²) in [5, 5.41) is 0. The maximum atomic E-state index is 5.66. The maximum Gasteiger partial charge on any atom is 0.138 e. The lowest BCUT2D eigenvalue weighted by atomic mass is 10.1. The molecule has 1 aromatic heterocycles. The Morgan fingerprint density at radius 1 is 1.24 bits per heavy atom. The van der Waals surface area contributed by atoms with Crippen LogP contribution in [0.25, 0.3) is 11.3 Å². The SMILES string of the molecule is CCc1ccc(OC)c(-c2ccc(CN)o2)c1. The van der Waals surface area contributed by atoms with Crippen molar-refractivity contribution in [3.05, 3.63) is 41.7 Å². The van der Waals surface area contributed by atoms with Crippen molar-refractivity contribution in [1.82, 2.24) is 0 Å². The highest BCUT2D eigenvalue weighted by Crippen LogP contribution is 2.32. The lowest BCUT2D eigenvalue weighted by Crippen LogP contribution is -1.93. The number of methoxy groups -OCH3 is 1. The van der Waals surface area contributed by atoms with Crippen LogP contribution in [0.15, 0.2) is 34.7 Å². The number of rotatable bonds is 4. The Kier molecular flexibility index (Phi) is 3.49. The topological polar surface area (TPSA) is 48.4 Å². The number of nitrogens with two attached hydrogens (primary N) is 1. The molecule has 2 rings (SSSR count). The van der Waals surface area contributed by atoms with Crippen LogP contribution in [0.4, 0.5) is 0 Å². The van der Waals surface area contributed by atoms with Crippen molar-refractivity contribution >= 4 is 0 Å². The van der Waals surface area contributed by atoms with Gasteiger partial charge in [0.05, 0.1) is 19.2 Å². The molecule has 0 spiro atoms. The van der Waals surface area contributed by atoms with Gasteiger partial charge in [0.25, 0.3) is 0 Å². The van der Waals surface area contributed by atoms with Gasteiger partial charge in [0.15, 0.2) is 0 Å². The lowest BCUT2D eigenvalue weighted by molar-refractivity contribution is 0.414. The molecule has 2 aromatic rings. The highest BCUT2D eigenvalue weighted by molar-refractivity contribution is 5.67. The summed E-state index contributed by atoms with van der Waals surface area (Å²) < 4.78 is 11.0. The van der Waals surface area contributed by atoms with E-state index in [0.29, 0.717) is 6.54 Å². The Morgan fingerprint density at radius 3 is 2.65 bits per heavy atom. The second-order valence-electron chi connectivity index (χ2n) is 3.86. The fourth-order valence-corrected chi connectivity index (χ4v) is 1.80. The maximum absolute atomic E-state index is 5.66. The average molecular weight is 231 g/mol. The summed E-state index contributed by atoms with van der Waals surface area (Å²) in [6.07, 6.45) is 0.988. The predicted molar refractivity (Wildman–Crippen MR) is 68.0 cm³/mol. The molecular formula is C14H17NO2. The van der Waals surface area contributed by atoms with E-state index in [0.717, 1.165) is 29.3 Å². The zero-order chi connectivity index (χ0) is 12.3. The Hall–Kier alpha value is -1.74. The van der Waals surface area contributed by atoms with Crippen molar-refractivity contribution in [2.24, 2.45) is 5.73 Å². The normalized spacial score (nSPS) is 10.5. The van der Waals surface area contributed by atoms with Crippen molar-refractivity contribution in [2.75, 3.05) is 7.11 Å². The standard InChI is InChI=1S/C14H17NO2/c1-3-10-4-6-13(16-2)12(8-10)14-7-5-11(9-15)17-14/h4-8H,3,9,15H2,1-2H3. The third kappa shape index (κ3) is 2.34. The molecule has 1 heterocycles. The molecule has 0 bridgehead atoms. The Bertz CT molecular complexity index is 503. The Balaban J connectivity index is 2.47. The molecule has 0 radical (unpaired) electrons. The van der Waals surface area contributed by atoms with E-state index >= 15 is 0 Å². The minimum Gasteiger partial charge on any atom is -0.496 e. The third-order valence-electron chi connectivity index (χ3n) is 2.80. The average Bonchev–Trinajstić information content (AvgIpc) is 2.86. The number of furan rings is 1. The van der Waals surface area contributed by atoms with Gasteiger partial charge in [0.1, 0.15) is 17.3 Å². The molecule has 0 aliphatic rings. The van der Waals surface area contributed by atoms with Crippen LogP contribution in [0, 0.1) is 0 Å². The molecule has 0 aliphatic carbocycles. The van der Waals surface area contributed by atoms with Crippen LogP contribution in [0.5, 0.6) is 5.75 Å². The first-order valence-corrected chi connectivity index (χ1v) is 5.74. The molecular weight excluding hydrogens is 214 g/mol. The van der Waals surface area contributed by atoms with Crippen LogP contribution in [0.1, 0.15) is 18.2 Å². The summed E-state index contributed by atoms with van der Waals surface area (Å²) in [7, 11) is 1.66. The van der Waals surface area contributed by atoms with Crippen LogP contribution in [0.3, 0.4) is 0 Å². The van der Waals surface area contributed by atoms with E-state index in [-0.39, 0.29) is 0 Å². The van der Waals surface area contributed by atoms with Crippen LogP contribution >= 0.6 is 0 Å². The van der Waals surface area contributed by atoms with Crippen LogP contribution < -0.4 is 10.5 Å². The van der Waals surface area contributed by atoms with Crippen molar-refractivity contribution in [3.8, 4) is 17.1 Å². The first-order chi connectivity index (χ1) is 8.28. The quantitative estimate of drug-likeness (QED) is 0.880. The largest absolute Gasteiger partial charge is 0.496 e. The summed E-state index contributed by atoms with van der Waals surface area (Å²) in [4.78, 5) is 0. The summed E-state index contributed by atoms with van der Waals surface area (Å²) in [6.45, 7) is 2.54. The van der Waals surface area contributed by atoms with E-state index in [1.54, 1.807) is 7.11 Å². The molecule has 0 unspecified atom stereocenters. The Labute approximate surface area is 101 Å². The van der Waals surface area contributed by atoms with Crippen molar-refractivity contribution in [3.63, 3.8) is 0 Å². The molecule has 3 heteroatoms. The predicted octanol–water partition coefficient (Wildman–Crippen LogP) is 2.98. The number of aryl methyl sites for hydroxylation is 1. The molecule has 0 amide bonds. The van der Waals surface area contributed by atoms with E-state index in [2.05, 4.69) is 19.1 Å². The van der Waals surface area contributed by atoms with Gasteiger partial charge in [-0.3, -0.25) is 0 Å². The number of ether oxygens (including phenoxy) is 1. The van der Waals surface area contributed by atoms with Gasteiger partial charge in [-0.2, -0.15) is 0 Å². The smallest absolute Gasteiger partial charge is 0.138 e. The molecule has 90 valence electrons. The van der Waals surface area contributed by atoms with Gasteiger partial charge < -0.3 is 14.9 Å². The highest BCUT2D eigenvalue weighted by Gasteiger charge is 2.10. The van der Waals surface area contributed by atoms with Crippen LogP contribution in [-0.2, 0) is 13.0 Å². The first kappa shape index (κ1) is 11.7. The van der Waals surface area contributed by atoms with Gasteiger partial charge in [0, 0.05) is 0 Å². The molecule has 0 aliphatic heterocycles. The second kappa shape index (κ2) is 5.06. The van der Waals surface area contributed by atoms with E-state index in [9.17, 15) is 0 Å². The number of hydrogen-bond donors (Lipinski definition) is 1. The zero-order valence-electron chi connectivity index (χ0n) is 10.2.